The zero-order valence-corrected chi connectivity index (χ0v) is 34.8. The van der Waals surface area contributed by atoms with Crippen LogP contribution in [-0.2, 0) is 36.2 Å². The number of carbonyl (C=O) groups excluding carboxylic acids is 5. The standard InChI is InChI=1S/C13H13F3O4.C9H6ClF3O2.C5H8O4.CH3Cl.K.2Mg.4H/c1-3-20-12(18)7-10(17)9-6-8(13(14,15)16)4-5-11(9)19-2;1-15-7-3-2-5(9(11,12)13)4-6(7)8(10)14;1-2-9-5(8)3-4(6)7;1-2;;;;;;;/h4-6H,3,7H2,1-2H3;2-4H,1H3;2-3H2,1H3,(H,6,7);1H3;;;;;;;/q;;;;+1;2*+2;4*-1/p-1. The fourth-order valence-electron chi connectivity index (χ4n) is 2.91. The van der Waals surface area contributed by atoms with E-state index >= 15 is 0 Å². The molecule has 0 atom stereocenters. The van der Waals surface area contributed by atoms with Gasteiger partial charge in [-0.05, 0) is 61.8 Å². The van der Waals surface area contributed by atoms with Crippen molar-refractivity contribution in [2.24, 2.45) is 0 Å². The van der Waals surface area contributed by atoms with E-state index < -0.39 is 65.3 Å². The molecule has 0 fully saturated rings. The maximum Gasteiger partial charge on any atom is 2.00 e. The van der Waals surface area contributed by atoms with E-state index in [-0.39, 0.29) is 139 Å². The molecule has 0 radical (unpaired) electrons. The van der Waals surface area contributed by atoms with Crippen LogP contribution in [0.3, 0.4) is 0 Å². The Hall–Kier alpha value is -0.881. The van der Waals surface area contributed by atoms with Gasteiger partial charge in [-0.1, -0.05) is 0 Å². The summed E-state index contributed by atoms with van der Waals surface area (Å²) in [4.78, 5) is 53.7. The number of Topliss-reactive ketones (excluding diaryl/α,β-unsaturated/α-hetero) is 1. The molecule has 0 aliphatic rings. The van der Waals surface area contributed by atoms with Crippen molar-refractivity contribution in [3.63, 3.8) is 0 Å². The van der Waals surface area contributed by atoms with E-state index in [0.29, 0.717) is 12.1 Å². The smallest absolute Gasteiger partial charge is 1.00 e. The van der Waals surface area contributed by atoms with Crippen molar-refractivity contribution in [3.8, 4) is 11.5 Å². The Morgan fingerprint density at radius 3 is 1.37 bits per heavy atom. The van der Waals surface area contributed by atoms with Crippen molar-refractivity contribution >= 4 is 98.2 Å². The van der Waals surface area contributed by atoms with E-state index in [0.717, 1.165) is 24.3 Å². The topological polar surface area (TPSA) is 145 Å². The molecule has 0 N–H and O–H groups in total. The number of rotatable bonds is 10. The van der Waals surface area contributed by atoms with Crippen LogP contribution in [0.4, 0.5) is 26.3 Å². The Morgan fingerprint density at radius 2 is 1.06 bits per heavy atom. The van der Waals surface area contributed by atoms with Gasteiger partial charge in [0, 0.05) is 6.38 Å². The van der Waals surface area contributed by atoms with Gasteiger partial charge in [0.2, 0.25) is 0 Å². The predicted molar refractivity (Wildman–Crippen MR) is 166 cm³/mol. The van der Waals surface area contributed by atoms with Gasteiger partial charge in [0.05, 0.1) is 62.1 Å². The molecule has 10 nitrogen and oxygen atoms in total. The Kier molecular flexibility index (Phi) is 34.8. The number of ether oxygens (including phenoxy) is 4. The summed E-state index contributed by atoms with van der Waals surface area (Å²) in [5.74, 6) is -3.75. The Labute approximate surface area is 368 Å². The van der Waals surface area contributed by atoms with Crippen molar-refractivity contribution in [2.45, 2.75) is 39.0 Å². The number of methoxy groups -OCH3 is 2. The van der Waals surface area contributed by atoms with E-state index in [1.54, 1.807) is 13.8 Å². The molecule has 0 amide bonds. The molecular weight excluding hydrogens is 769 g/mol. The normalized spacial score (nSPS) is 9.65. The molecular formula is C28H33Cl2F6KMg2O10. The van der Waals surface area contributed by atoms with Crippen LogP contribution in [0.15, 0.2) is 36.4 Å². The Bertz CT molecular complexity index is 1350. The van der Waals surface area contributed by atoms with Gasteiger partial charge in [0.1, 0.15) is 17.9 Å². The second-order valence-electron chi connectivity index (χ2n) is 7.86. The first kappa shape index (κ1) is 57.5. The van der Waals surface area contributed by atoms with Gasteiger partial charge in [-0.2, -0.15) is 26.3 Å². The van der Waals surface area contributed by atoms with Crippen LogP contribution in [0.1, 0.15) is 64.2 Å². The van der Waals surface area contributed by atoms with Crippen LogP contribution >= 0.6 is 23.2 Å². The van der Waals surface area contributed by atoms with Gasteiger partial charge in [-0.25, -0.2) is 0 Å². The Balaban J connectivity index is -0.0000000756. The molecule has 266 valence electrons. The second kappa shape index (κ2) is 29.7. The van der Waals surface area contributed by atoms with Crippen molar-refractivity contribution in [1.82, 2.24) is 0 Å². The zero-order chi connectivity index (χ0) is 36.3. The second-order valence-corrected chi connectivity index (χ2v) is 8.20. The molecule has 0 saturated heterocycles. The van der Waals surface area contributed by atoms with Crippen LogP contribution in [0, 0.1) is 0 Å². The van der Waals surface area contributed by atoms with Crippen molar-refractivity contribution in [2.75, 3.05) is 33.8 Å². The summed E-state index contributed by atoms with van der Waals surface area (Å²) >= 11 is 9.76. The number of alkyl halides is 7. The minimum atomic E-state index is -4.58. The van der Waals surface area contributed by atoms with Crippen LogP contribution in [0.5, 0.6) is 11.5 Å². The first-order chi connectivity index (χ1) is 21.3. The first-order valence-corrected chi connectivity index (χ1v) is 13.6. The van der Waals surface area contributed by atoms with Gasteiger partial charge >= 0.3 is 122 Å². The molecule has 0 saturated carbocycles. The Morgan fingerprint density at radius 1 is 0.714 bits per heavy atom. The van der Waals surface area contributed by atoms with Gasteiger partial charge < -0.3 is 34.6 Å². The fourth-order valence-corrected chi connectivity index (χ4v) is 3.06. The average Bonchev–Trinajstić information content (AvgIpc) is 2.97. The van der Waals surface area contributed by atoms with Crippen LogP contribution in [0.2, 0.25) is 0 Å². The molecule has 0 aliphatic carbocycles. The maximum atomic E-state index is 12.6. The summed E-state index contributed by atoms with van der Waals surface area (Å²) in [5.41, 5.74) is -2.51. The number of carboxylic acid groups (broad SMARTS) is 1. The van der Waals surface area contributed by atoms with Crippen LogP contribution < -0.4 is 66.0 Å². The molecule has 0 heterocycles. The van der Waals surface area contributed by atoms with Gasteiger partial charge in [-0.15, -0.1) is 11.6 Å². The summed E-state index contributed by atoms with van der Waals surface area (Å²) in [6.45, 7) is 3.46. The summed E-state index contributed by atoms with van der Waals surface area (Å²) in [6.07, 6.45) is -8.90. The van der Waals surface area contributed by atoms with E-state index in [1.165, 1.54) is 20.6 Å². The number of carbonyl (C=O) groups is 5. The fraction of sp³-hybridized carbons (Fsp3) is 0.393. The monoisotopic (exact) mass is 800 g/mol. The SMILES string of the molecule is CCOC(=O)CC(=O)[O-].CCOC(=O)CC(=O)c1cc(C(F)(F)F)ccc1OC.CCl.COc1ccc(C(F)(F)F)cc1C(=O)Cl.[H-].[H-].[H-].[H-].[K+].[Mg+2].[Mg+2]. The van der Waals surface area contributed by atoms with Crippen LogP contribution in [0.25, 0.3) is 0 Å². The third kappa shape index (κ3) is 24.1. The molecule has 2 aromatic rings. The summed E-state index contributed by atoms with van der Waals surface area (Å²) in [7, 11) is 2.47. The third-order valence-corrected chi connectivity index (χ3v) is 4.97. The number of ketones is 1. The summed E-state index contributed by atoms with van der Waals surface area (Å²) < 4.78 is 93.0. The largest absolute Gasteiger partial charge is 2.00 e. The number of halogens is 8. The first-order valence-electron chi connectivity index (χ1n) is 12.4. The minimum Gasteiger partial charge on any atom is -1.00 e. The molecule has 2 aromatic carbocycles. The zero-order valence-electron chi connectivity index (χ0n) is 31.3. The predicted octanol–water partition coefficient (Wildman–Crippen LogP) is 2.18. The molecule has 0 unspecified atom stereocenters. The number of benzene rings is 2. The molecule has 49 heavy (non-hydrogen) atoms. The van der Waals surface area contributed by atoms with E-state index in [2.05, 4.69) is 21.1 Å². The van der Waals surface area contributed by atoms with E-state index in [9.17, 15) is 55.4 Å². The number of hydrogen-bond donors (Lipinski definition) is 0. The molecule has 0 bridgehead atoms. The number of hydrogen-bond acceptors (Lipinski definition) is 10. The van der Waals surface area contributed by atoms with Crippen LogP contribution in [-0.4, -0.2) is 109 Å². The molecule has 21 heteroatoms. The van der Waals surface area contributed by atoms with Crippen molar-refractivity contribution in [1.29, 1.82) is 0 Å². The van der Waals surface area contributed by atoms with Gasteiger partial charge in [0.25, 0.3) is 5.24 Å². The third-order valence-electron chi connectivity index (χ3n) is 4.77. The number of aliphatic carboxylic acids is 1. The minimum absolute atomic E-state index is 0. The summed E-state index contributed by atoms with van der Waals surface area (Å²) in [5, 5.41) is 8.68. The molecule has 0 aromatic heterocycles. The average molecular weight is 802 g/mol. The van der Waals surface area contributed by atoms with E-state index in [4.69, 9.17) is 21.1 Å². The van der Waals surface area contributed by atoms with Crippen molar-refractivity contribution in [3.05, 3.63) is 58.7 Å². The molecule has 2 rings (SSSR count). The number of esters is 2. The summed E-state index contributed by atoms with van der Waals surface area (Å²) in [6, 6.07) is 5.05. The quantitative estimate of drug-likeness (QED) is 0.0667. The van der Waals surface area contributed by atoms with E-state index in [1.807, 2.05) is 0 Å². The number of carboxylic acids is 1. The van der Waals surface area contributed by atoms with Gasteiger partial charge in [-0.3, -0.25) is 19.2 Å². The van der Waals surface area contributed by atoms with Crippen molar-refractivity contribution < 1.29 is 131 Å². The molecule has 0 aliphatic heterocycles. The maximum absolute atomic E-state index is 12.6. The van der Waals surface area contributed by atoms with Gasteiger partial charge in [0.15, 0.2) is 5.78 Å². The molecule has 0 spiro atoms.